The zero-order chi connectivity index (χ0) is 21.3. The lowest BCUT2D eigenvalue weighted by molar-refractivity contribution is 0.101. The van der Waals surface area contributed by atoms with Gasteiger partial charge in [0.1, 0.15) is 17.2 Å². The summed E-state index contributed by atoms with van der Waals surface area (Å²) in [7, 11) is 0. The van der Waals surface area contributed by atoms with E-state index >= 15 is 0 Å². The Bertz CT molecular complexity index is 1210. The maximum atomic E-state index is 13.8. The highest BCUT2D eigenvalue weighted by Crippen LogP contribution is 2.30. The van der Waals surface area contributed by atoms with Gasteiger partial charge in [-0.05, 0) is 60.9 Å². The molecule has 4 rings (SSSR count). The van der Waals surface area contributed by atoms with E-state index in [-0.39, 0.29) is 0 Å². The van der Waals surface area contributed by atoms with Crippen LogP contribution >= 0.6 is 0 Å². The smallest absolute Gasteiger partial charge is 0.261 e. The summed E-state index contributed by atoms with van der Waals surface area (Å²) in [6.45, 7) is 3.86. The van der Waals surface area contributed by atoms with Crippen molar-refractivity contribution < 1.29 is 18.1 Å². The lowest BCUT2D eigenvalue weighted by Crippen LogP contribution is -2.15. The van der Waals surface area contributed by atoms with Crippen LogP contribution in [0.3, 0.4) is 0 Å². The van der Waals surface area contributed by atoms with Gasteiger partial charge in [0, 0.05) is 17.3 Å². The van der Waals surface area contributed by atoms with Crippen molar-refractivity contribution in [3.05, 3.63) is 95.2 Å². The lowest BCUT2D eigenvalue weighted by Gasteiger charge is -2.10. The van der Waals surface area contributed by atoms with Gasteiger partial charge in [-0.3, -0.25) is 4.79 Å². The van der Waals surface area contributed by atoms with Gasteiger partial charge in [0.2, 0.25) is 0 Å². The molecule has 0 aliphatic rings. The number of nitrogens with zero attached hydrogens (tertiary/aromatic N) is 1. The molecule has 4 nitrogen and oxygen atoms in total. The normalized spacial score (nSPS) is 10.8. The van der Waals surface area contributed by atoms with E-state index in [0.29, 0.717) is 11.4 Å². The Labute approximate surface area is 172 Å². The molecule has 0 spiro atoms. The maximum absolute atomic E-state index is 13.8. The molecule has 1 amide bonds. The molecule has 0 aliphatic carbocycles. The maximum Gasteiger partial charge on any atom is 0.261 e. The number of rotatable bonds is 4. The third-order valence-corrected chi connectivity index (χ3v) is 4.79. The zero-order valence-electron chi connectivity index (χ0n) is 16.4. The number of hydrogen-bond acceptors (Lipinski definition) is 3. The van der Waals surface area contributed by atoms with Gasteiger partial charge in [-0.1, -0.05) is 35.5 Å². The summed E-state index contributed by atoms with van der Waals surface area (Å²) in [5, 5.41) is 6.46. The van der Waals surface area contributed by atoms with Crippen molar-refractivity contribution in [3.63, 3.8) is 0 Å². The van der Waals surface area contributed by atoms with E-state index in [1.54, 1.807) is 12.1 Å². The number of aromatic nitrogens is 1. The predicted molar refractivity (Wildman–Crippen MR) is 111 cm³/mol. The van der Waals surface area contributed by atoms with Crippen LogP contribution in [0.1, 0.15) is 21.6 Å². The van der Waals surface area contributed by atoms with Crippen molar-refractivity contribution in [2.75, 3.05) is 5.32 Å². The molecule has 0 radical (unpaired) electrons. The van der Waals surface area contributed by atoms with Crippen LogP contribution < -0.4 is 5.32 Å². The second-order valence-electron chi connectivity index (χ2n) is 6.99. The molecule has 0 saturated carbocycles. The molecule has 0 unspecified atom stereocenters. The van der Waals surface area contributed by atoms with Crippen molar-refractivity contribution in [1.82, 2.24) is 5.16 Å². The number of aryl methyl sites for hydroxylation is 2. The summed E-state index contributed by atoms with van der Waals surface area (Å²) < 4.78 is 32.9. The Morgan fingerprint density at radius 3 is 2.20 bits per heavy atom. The van der Waals surface area contributed by atoms with Crippen molar-refractivity contribution in [3.8, 4) is 22.5 Å². The van der Waals surface area contributed by atoms with Crippen LogP contribution in [0, 0.1) is 25.5 Å². The molecule has 4 aromatic rings. The third-order valence-electron chi connectivity index (χ3n) is 4.79. The average molecular weight is 404 g/mol. The summed E-state index contributed by atoms with van der Waals surface area (Å²) >= 11 is 0. The van der Waals surface area contributed by atoms with E-state index in [0.717, 1.165) is 40.1 Å². The first-order chi connectivity index (χ1) is 14.4. The number of anilines is 1. The van der Waals surface area contributed by atoms with Gasteiger partial charge < -0.3 is 9.84 Å². The van der Waals surface area contributed by atoms with Crippen LogP contribution in [0.25, 0.3) is 22.5 Å². The van der Waals surface area contributed by atoms with E-state index in [1.165, 1.54) is 6.07 Å². The van der Waals surface area contributed by atoms with Crippen LogP contribution in [0.5, 0.6) is 0 Å². The SMILES string of the molecule is Cc1cc(-c2ccc(C)c(-c3ccc(NC(=O)c4c(F)cccc4F)cc3)c2)on1. The first-order valence-corrected chi connectivity index (χ1v) is 9.32. The van der Waals surface area contributed by atoms with E-state index < -0.39 is 23.1 Å². The van der Waals surface area contributed by atoms with Crippen LogP contribution in [0.2, 0.25) is 0 Å². The molecule has 0 bridgehead atoms. The minimum atomic E-state index is -0.904. The Hall–Kier alpha value is -3.80. The summed E-state index contributed by atoms with van der Waals surface area (Å²) in [6.07, 6.45) is 0. The number of amides is 1. The van der Waals surface area contributed by atoms with Crippen LogP contribution in [-0.4, -0.2) is 11.1 Å². The van der Waals surface area contributed by atoms with Crippen LogP contribution in [0.15, 0.2) is 71.3 Å². The van der Waals surface area contributed by atoms with E-state index in [4.69, 9.17) is 4.52 Å². The van der Waals surface area contributed by atoms with Gasteiger partial charge in [0.05, 0.1) is 5.69 Å². The minimum absolute atomic E-state index is 0.436. The van der Waals surface area contributed by atoms with Crippen molar-refractivity contribution in [2.45, 2.75) is 13.8 Å². The van der Waals surface area contributed by atoms with Gasteiger partial charge in [-0.2, -0.15) is 0 Å². The average Bonchev–Trinajstić information content (AvgIpc) is 3.15. The minimum Gasteiger partial charge on any atom is -0.356 e. The molecule has 0 fully saturated rings. The Kier molecular flexibility index (Phi) is 5.14. The van der Waals surface area contributed by atoms with Crippen LogP contribution in [0.4, 0.5) is 14.5 Å². The molecule has 0 aliphatic heterocycles. The molecule has 1 heterocycles. The van der Waals surface area contributed by atoms with E-state index in [1.807, 2.05) is 50.2 Å². The summed E-state index contributed by atoms with van der Waals surface area (Å²) in [6, 6.07) is 18.2. The van der Waals surface area contributed by atoms with Crippen molar-refractivity contribution in [2.24, 2.45) is 0 Å². The molecule has 3 aromatic carbocycles. The van der Waals surface area contributed by atoms with E-state index in [2.05, 4.69) is 10.5 Å². The molecular formula is C24H18F2N2O2. The number of benzene rings is 3. The summed E-state index contributed by atoms with van der Waals surface area (Å²) in [4.78, 5) is 12.3. The van der Waals surface area contributed by atoms with Gasteiger partial charge in [0.25, 0.3) is 5.91 Å². The molecule has 150 valence electrons. The molecule has 6 heteroatoms. The predicted octanol–water partition coefficient (Wildman–Crippen LogP) is 6.16. The highest BCUT2D eigenvalue weighted by Gasteiger charge is 2.17. The number of carbonyl (C=O) groups excluding carboxylic acids is 1. The zero-order valence-corrected chi connectivity index (χ0v) is 16.4. The molecule has 0 saturated heterocycles. The molecule has 1 aromatic heterocycles. The fraction of sp³-hybridized carbons (Fsp3) is 0.0833. The number of halogens is 2. The van der Waals surface area contributed by atoms with E-state index in [9.17, 15) is 13.6 Å². The van der Waals surface area contributed by atoms with Gasteiger partial charge >= 0.3 is 0 Å². The first kappa shape index (κ1) is 19.5. The third kappa shape index (κ3) is 3.85. The van der Waals surface area contributed by atoms with Gasteiger partial charge in [-0.25, -0.2) is 8.78 Å². The number of hydrogen-bond donors (Lipinski definition) is 1. The molecule has 30 heavy (non-hydrogen) atoms. The fourth-order valence-corrected chi connectivity index (χ4v) is 3.23. The van der Waals surface area contributed by atoms with Gasteiger partial charge in [-0.15, -0.1) is 0 Å². The summed E-state index contributed by atoms with van der Waals surface area (Å²) in [5.41, 5.74) is 4.54. The Balaban J connectivity index is 1.59. The summed E-state index contributed by atoms with van der Waals surface area (Å²) in [5.74, 6) is -1.96. The standard InChI is InChI=1S/C24H18F2N2O2/c1-14-6-7-17(22-12-15(2)28-30-22)13-19(14)16-8-10-18(11-9-16)27-24(29)23-20(25)4-3-5-21(23)26/h3-13H,1-2H3,(H,27,29). The second kappa shape index (κ2) is 7.91. The largest absolute Gasteiger partial charge is 0.356 e. The topological polar surface area (TPSA) is 55.1 Å². The highest BCUT2D eigenvalue weighted by atomic mass is 19.1. The fourth-order valence-electron chi connectivity index (χ4n) is 3.23. The van der Waals surface area contributed by atoms with Crippen molar-refractivity contribution >= 4 is 11.6 Å². The number of nitrogens with one attached hydrogen (secondary N) is 1. The molecule has 0 atom stereocenters. The Morgan fingerprint density at radius 2 is 1.57 bits per heavy atom. The van der Waals surface area contributed by atoms with Crippen molar-refractivity contribution in [1.29, 1.82) is 0 Å². The van der Waals surface area contributed by atoms with Crippen LogP contribution in [-0.2, 0) is 0 Å². The Morgan fingerprint density at radius 1 is 0.900 bits per heavy atom. The number of carbonyl (C=O) groups is 1. The van der Waals surface area contributed by atoms with Gasteiger partial charge in [0.15, 0.2) is 5.76 Å². The first-order valence-electron chi connectivity index (χ1n) is 9.32. The molecular weight excluding hydrogens is 386 g/mol. The quantitative estimate of drug-likeness (QED) is 0.443. The molecule has 1 N–H and O–H groups in total. The lowest BCUT2D eigenvalue weighted by atomic mass is 9.97. The monoisotopic (exact) mass is 404 g/mol. The second-order valence-corrected chi connectivity index (χ2v) is 6.99. The highest BCUT2D eigenvalue weighted by molar-refractivity contribution is 6.04.